The molecular formula is C56H108O6. The fourth-order valence-corrected chi connectivity index (χ4v) is 8.47. The van der Waals surface area contributed by atoms with E-state index < -0.39 is 6.10 Å². The molecule has 0 aromatic carbocycles. The molecule has 6 nitrogen and oxygen atoms in total. The standard InChI is InChI=1S/C56H108O6/c1-50(2)42-36-30-24-19-15-11-8-7-9-13-17-21-27-33-39-45-54(57)60-48-53(62-56(59)47-41-35-29-23-26-32-38-44-52(5)6)49-61-55(58)46-40-34-28-22-18-14-10-12-16-20-25-31-37-43-51(3)4/h50-53H,7-49H2,1-6H3/t53-/m0/s1. The van der Waals surface area contributed by atoms with Crippen molar-refractivity contribution in [1.29, 1.82) is 0 Å². The van der Waals surface area contributed by atoms with Crippen LogP contribution in [0.25, 0.3) is 0 Å². The first kappa shape index (κ1) is 60.4. The number of rotatable bonds is 49. The van der Waals surface area contributed by atoms with E-state index in [4.69, 9.17) is 14.2 Å². The molecule has 1 atom stereocenters. The van der Waals surface area contributed by atoms with Crippen molar-refractivity contribution in [2.24, 2.45) is 17.8 Å². The zero-order valence-electron chi connectivity index (χ0n) is 42.7. The van der Waals surface area contributed by atoms with E-state index >= 15 is 0 Å². The summed E-state index contributed by atoms with van der Waals surface area (Å²) in [5.41, 5.74) is 0. The molecule has 0 saturated carbocycles. The van der Waals surface area contributed by atoms with Gasteiger partial charge in [0, 0.05) is 19.3 Å². The van der Waals surface area contributed by atoms with E-state index in [9.17, 15) is 14.4 Å². The highest BCUT2D eigenvalue weighted by Gasteiger charge is 2.19. The maximum absolute atomic E-state index is 12.8. The SMILES string of the molecule is CC(C)CCCCCCCCCCCCCCCCCC(=O)OC[C@@H](COC(=O)CCCCCCCCCCCCCCCC(C)C)OC(=O)CCCCCCCCCC(C)C. The molecule has 0 fully saturated rings. The van der Waals surface area contributed by atoms with Gasteiger partial charge in [-0.05, 0) is 37.0 Å². The van der Waals surface area contributed by atoms with Crippen molar-refractivity contribution in [1.82, 2.24) is 0 Å². The largest absolute Gasteiger partial charge is 0.462 e. The van der Waals surface area contributed by atoms with Gasteiger partial charge in [0.15, 0.2) is 6.10 Å². The summed E-state index contributed by atoms with van der Waals surface area (Å²) in [6.07, 6.45) is 48.2. The highest BCUT2D eigenvalue weighted by atomic mass is 16.6. The van der Waals surface area contributed by atoms with E-state index in [1.54, 1.807) is 0 Å². The van der Waals surface area contributed by atoms with Gasteiger partial charge in [0.1, 0.15) is 13.2 Å². The lowest BCUT2D eigenvalue weighted by Gasteiger charge is -2.18. The van der Waals surface area contributed by atoms with Gasteiger partial charge in [-0.2, -0.15) is 0 Å². The van der Waals surface area contributed by atoms with Crippen molar-refractivity contribution in [3.63, 3.8) is 0 Å². The molecule has 0 aliphatic carbocycles. The summed E-state index contributed by atoms with van der Waals surface area (Å²) in [7, 11) is 0. The van der Waals surface area contributed by atoms with Gasteiger partial charge in [-0.3, -0.25) is 14.4 Å². The normalized spacial score (nSPS) is 12.1. The van der Waals surface area contributed by atoms with Crippen LogP contribution < -0.4 is 0 Å². The molecule has 0 radical (unpaired) electrons. The van der Waals surface area contributed by atoms with E-state index in [1.807, 2.05) is 0 Å². The third-order valence-corrected chi connectivity index (χ3v) is 12.6. The first-order chi connectivity index (χ1) is 30.1. The minimum atomic E-state index is -0.763. The van der Waals surface area contributed by atoms with E-state index in [2.05, 4.69) is 41.5 Å². The van der Waals surface area contributed by atoms with Crippen LogP contribution in [0.1, 0.15) is 305 Å². The van der Waals surface area contributed by atoms with Crippen molar-refractivity contribution in [2.75, 3.05) is 13.2 Å². The van der Waals surface area contributed by atoms with Crippen molar-refractivity contribution < 1.29 is 28.6 Å². The summed E-state index contributed by atoms with van der Waals surface area (Å²) in [5.74, 6) is 1.62. The number of carbonyl (C=O) groups excluding carboxylic acids is 3. The van der Waals surface area contributed by atoms with Gasteiger partial charge in [0.05, 0.1) is 0 Å². The Balaban J connectivity index is 4.24. The maximum Gasteiger partial charge on any atom is 0.306 e. The lowest BCUT2D eigenvalue weighted by atomic mass is 10.0. The average Bonchev–Trinajstić information content (AvgIpc) is 3.23. The summed E-state index contributed by atoms with van der Waals surface area (Å²) in [6.45, 7) is 13.7. The van der Waals surface area contributed by atoms with Gasteiger partial charge in [-0.25, -0.2) is 0 Å². The van der Waals surface area contributed by atoms with Crippen molar-refractivity contribution in [2.45, 2.75) is 311 Å². The fraction of sp³-hybridized carbons (Fsp3) is 0.946. The van der Waals surface area contributed by atoms with Crippen LogP contribution in [0, 0.1) is 17.8 Å². The predicted molar refractivity (Wildman–Crippen MR) is 266 cm³/mol. The zero-order chi connectivity index (χ0) is 45.6. The second-order valence-corrected chi connectivity index (χ2v) is 20.6. The molecule has 0 rings (SSSR count). The van der Waals surface area contributed by atoms with Gasteiger partial charge in [0.25, 0.3) is 0 Å². The van der Waals surface area contributed by atoms with Gasteiger partial charge >= 0.3 is 17.9 Å². The second kappa shape index (κ2) is 47.4. The molecule has 6 heteroatoms. The minimum absolute atomic E-state index is 0.0647. The molecule has 0 aromatic rings. The summed E-state index contributed by atoms with van der Waals surface area (Å²) < 4.78 is 16.8. The van der Waals surface area contributed by atoms with Crippen LogP contribution in [0.5, 0.6) is 0 Å². The van der Waals surface area contributed by atoms with Crippen LogP contribution in [-0.4, -0.2) is 37.2 Å². The van der Waals surface area contributed by atoms with Crippen molar-refractivity contribution in [3.8, 4) is 0 Å². The number of esters is 3. The lowest BCUT2D eigenvalue weighted by Crippen LogP contribution is -2.30. The molecule has 368 valence electrons. The van der Waals surface area contributed by atoms with Crippen molar-refractivity contribution >= 4 is 17.9 Å². The summed E-state index contributed by atoms with van der Waals surface area (Å²) >= 11 is 0. The molecule has 0 unspecified atom stereocenters. The van der Waals surface area contributed by atoms with E-state index in [1.165, 1.54) is 186 Å². The topological polar surface area (TPSA) is 78.9 Å². The second-order valence-electron chi connectivity index (χ2n) is 20.6. The summed E-state index contributed by atoms with van der Waals surface area (Å²) in [4.78, 5) is 38.0. The van der Waals surface area contributed by atoms with E-state index in [0.29, 0.717) is 19.3 Å². The minimum Gasteiger partial charge on any atom is -0.462 e. The summed E-state index contributed by atoms with van der Waals surface area (Å²) in [5, 5.41) is 0. The number of hydrogen-bond donors (Lipinski definition) is 0. The Labute approximate surface area is 387 Å². The first-order valence-electron chi connectivity index (χ1n) is 27.6. The monoisotopic (exact) mass is 877 g/mol. The predicted octanol–water partition coefficient (Wildman–Crippen LogP) is 17.9. The molecule has 0 amide bonds. The van der Waals surface area contributed by atoms with E-state index in [-0.39, 0.29) is 31.1 Å². The molecule has 0 aliphatic heterocycles. The molecular weight excluding hydrogens is 769 g/mol. The molecule has 62 heavy (non-hydrogen) atoms. The van der Waals surface area contributed by atoms with E-state index in [0.717, 1.165) is 75.5 Å². The third-order valence-electron chi connectivity index (χ3n) is 12.6. The van der Waals surface area contributed by atoms with Gasteiger partial charge < -0.3 is 14.2 Å². The van der Waals surface area contributed by atoms with Gasteiger partial charge in [0.2, 0.25) is 0 Å². The van der Waals surface area contributed by atoms with Crippen LogP contribution in [0.15, 0.2) is 0 Å². The summed E-state index contributed by atoms with van der Waals surface area (Å²) in [6, 6.07) is 0. The highest BCUT2D eigenvalue weighted by Crippen LogP contribution is 2.18. The molecule has 0 N–H and O–H groups in total. The van der Waals surface area contributed by atoms with Crippen LogP contribution in [-0.2, 0) is 28.6 Å². The van der Waals surface area contributed by atoms with Crippen molar-refractivity contribution in [3.05, 3.63) is 0 Å². The quantitative estimate of drug-likeness (QED) is 0.0344. The molecule has 0 heterocycles. The Hall–Kier alpha value is -1.59. The Kier molecular flexibility index (Phi) is 46.2. The van der Waals surface area contributed by atoms with Crippen LogP contribution in [0.2, 0.25) is 0 Å². The molecule has 0 saturated heterocycles. The van der Waals surface area contributed by atoms with Gasteiger partial charge in [-0.1, -0.05) is 266 Å². The van der Waals surface area contributed by atoms with Gasteiger partial charge in [-0.15, -0.1) is 0 Å². The zero-order valence-corrected chi connectivity index (χ0v) is 42.7. The first-order valence-corrected chi connectivity index (χ1v) is 27.6. The fourth-order valence-electron chi connectivity index (χ4n) is 8.47. The smallest absolute Gasteiger partial charge is 0.306 e. The van der Waals surface area contributed by atoms with Crippen LogP contribution in [0.3, 0.4) is 0 Å². The molecule has 0 aromatic heterocycles. The number of carbonyl (C=O) groups is 3. The molecule has 0 aliphatic rings. The maximum atomic E-state index is 12.8. The van der Waals surface area contributed by atoms with Crippen LogP contribution in [0.4, 0.5) is 0 Å². The lowest BCUT2D eigenvalue weighted by molar-refractivity contribution is -0.167. The average molecular weight is 877 g/mol. The third kappa shape index (κ3) is 49.4. The number of ether oxygens (including phenoxy) is 3. The highest BCUT2D eigenvalue weighted by molar-refractivity contribution is 5.71. The Morgan fingerprint density at radius 1 is 0.274 bits per heavy atom. The number of unbranched alkanes of at least 4 members (excludes halogenated alkanes) is 32. The Bertz CT molecular complexity index is 960. The Morgan fingerprint density at radius 3 is 0.694 bits per heavy atom. The Morgan fingerprint density at radius 2 is 0.468 bits per heavy atom. The molecule has 0 spiro atoms. The number of hydrogen-bond acceptors (Lipinski definition) is 6. The molecule has 0 bridgehead atoms. The van der Waals surface area contributed by atoms with Crippen LogP contribution >= 0.6 is 0 Å².